The van der Waals surface area contributed by atoms with Gasteiger partial charge in [0.15, 0.2) is 0 Å². The van der Waals surface area contributed by atoms with Crippen LogP contribution in [0.5, 0.6) is 5.75 Å². The Bertz CT molecular complexity index is 871. The minimum Gasteiger partial charge on any atom is -0.494 e. The Labute approximate surface area is 186 Å². The molecule has 1 aromatic heterocycles. The predicted octanol–water partition coefficient (Wildman–Crippen LogP) is 4.03. The fraction of sp³-hybridized carbons (Fsp3) is 0.680. The molecule has 2 fully saturated rings. The zero-order valence-corrected chi connectivity index (χ0v) is 19.5. The molecule has 0 saturated carbocycles. The van der Waals surface area contributed by atoms with Crippen molar-refractivity contribution in [3.63, 3.8) is 0 Å². The summed E-state index contributed by atoms with van der Waals surface area (Å²) in [5, 5.41) is 11.5. The molecule has 3 heterocycles. The normalized spacial score (nSPS) is 20.5. The zero-order valence-electron chi connectivity index (χ0n) is 19.5. The second kappa shape index (κ2) is 9.70. The zero-order chi connectivity index (χ0) is 22.0. The highest BCUT2D eigenvalue weighted by Crippen LogP contribution is 2.30. The average molecular weight is 427 g/mol. The molecule has 2 aliphatic heterocycles. The monoisotopic (exact) mass is 426 g/mol. The maximum Gasteiger partial charge on any atom is 0.226 e. The number of aliphatic hydroxyl groups excluding tert-OH is 1. The van der Waals surface area contributed by atoms with Gasteiger partial charge in [-0.1, -0.05) is 13.8 Å². The van der Waals surface area contributed by atoms with E-state index in [4.69, 9.17) is 14.7 Å². The third-order valence-electron chi connectivity index (χ3n) is 7.16. The Morgan fingerprint density at radius 3 is 2.42 bits per heavy atom. The second-order valence-electron chi connectivity index (χ2n) is 9.55. The lowest BCUT2D eigenvalue weighted by atomic mass is 9.85. The standard InChI is InChI=1S/C25H38N4O2/c1-5-31-21-6-7-23-22(16-21)18(4)26-25(27-23)29-14-10-20(11-15-29)28-12-8-19(9-13-28)24(30)17(2)3/h6-7,16-17,19-20,24,30H,5,8-15H2,1-4H3/t24-/m0/s1. The van der Waals surface area contributed by atoms with Gasteiger partial charge < -0.3 is 19.6 Å². The van der Waals surface area contributed by atoms with Gasteiger partial charge in [0, 0.05) is 24.5 Å². The van der Waals surface area contributed by atoms with E-state index in [1.165, 1.54) is 0 Å². The Hall–Kier alpha value is -1.92. The summed E-state index contributed by atoms with van der Waals surface area (Å²) in [4.78, 5) is 14.7. The lowest BCUT2D eigenvalue weighted by Gasteiger charge is -2.43. The number of aliphatic hydroxyl groups is 1. The number of likely N-dealkylation sites (tertiary alicyclic amines) is 1. The molecule has 2 aromatic rings. The highest BCUT2D eigenvalue weighted by Gasteiger charge is 2.32. The SMILES string of the molecule is CCOc1ccc2nc(N3CCC(N4CCC([C@@H](O)C(C)C)CC4)CC3)nc(C)c2c1. The predicted molar refractivity (Wildman–Crippen MR) is 126 cm³/mol. The summed E-state index contributed by atoms with van der Waals surface area (Å²) in [5.74, 6) is 2.55. The van der Waals surface area contributed by atoms with Crippen molar-refractivity contribution in [2.45, 2.75) is 65.5 Å². The molecule has 0 radical (unpaired) electrons. The third kappa shape index (κ3) is 4.96. The van der Waals surface area contributed by atoms with E-state index in [0.717, 1.165) is 80.2 Å². The largest absolute Gasteiger partial charge is 0.494 e. The van der Waals surface area contributed by atoms with Crippen molar-refractivity contribution < 1.29 is 9.84 Å². The van der Waals surface area contributed by atoms with Gasteiger partial charge in [-0.05, 0) is 82.7 Å². The molecule has 1 atom stereocenters. The first-order valence-electron chi connectivity index (χ1n) is 12.0. The fourth-order valence-electron chi connectivity index (χ4n) is 5.24. The van der Waals surface area contributed by atoms with Crippen molar-refractivity contribution in [3.05, 3.63) is 23.9 Å². The van der Waals surface area contributed by atoms with Gasteiger partial charge in [0.2, 0.25) is 5.95 Å². The van der Waals surface area contributed by atoms with E-state index in [9.17, 15) is 5.11 Å². The van der Waals surface area contributed by atoms with Crippen LogP contribution < -0.4 is 9.64 Å². The molecule has 0 aliphatic carbocycles. The van der Waals surface area contributed by atoms with E-state index < -0.39 is 0 Å². The van der Waals surface area contributed by atoms with Gasteiger partial charge in [-0.25, -0.2) is 9.97 Å². The quantitative estimate of drug-likeness (QED) is 0.752. The number of nitrogens with zero attached hydrogens (tertiary/aromatic N) is 4. The van der Waals surface area contributed by atoms with E-state index in [-0.39, 0.29) is 6.10 Å². The van der Waals surface area contributed by atoms with Crippen molar-refractivity contribution >= 4 is 16.9 Å². The van der Waals surface area contributed by atoms with Crippen molar-refractivity contribution in [2.75, 3.05) is 37.7 Å². The minimum atomic E-state index is -0.151. The minimum absolute atomic E-state index is 0.151. The topological polar surface area (TPSA) is 61.7 Å². The number of benzene rings is 1. The summed E-state index contributed by atoms with van der Waals surface area (Å²) in [6, 6.07) is 6.72. The lowest BCUT2D eigenvalue weighted by molar-refractivity contribution is 0.0163. The van der Waals surface area contributed by atoms with Gasteiger partial charge in [0.1, 0.15) is 5.75 Å². The molecule has 0 amide bonds. The van der Waals surface area contributed by atoms with Crippen molar-refractivity contribution in [1.82, 2.24) is 14.9 Å². The van der Waals surface area contributed by atoms with E-state index in [1.807, 2.05) is 25.1 Å². The number of anilines is 1. The van der Waals surface area contributed by atoms with Gasteiger partial charge in [0.05, 0.1) is 23.9 Å². The average Bonchev–Trinajstić information content (AvgIpc) is 2.79. The number of fused-ring (bicyclic) bond motifs is 1. The molecule has 0 bridgehead atoms. The van der Waals surface area contributed by atoms with Crippen LogP contribution >= 0.6 is 0 Å². The molecular formula is C25H38N4O2. The van der Waals surface area contributed by atoms with Crippen LogP contribution in [0, 0.1) is 18.8 Å². The van der Waals surface area contributed by atoms with Gasteiger partial charge in [-0.15, -0.1) is 0 Å². The van der Waals surface area contributed by atoms with Gasteiger partial charge in [0.25, 0.3) is 0 Å². The molecule has 6 nitrogen and oxygen atoms in total. The molecule has 0 spiro atoms. The number of hydrogen-bond acceptors (Lipinski definition) is 6. The molecule has 2 aliphatic rings. The molecule has 2 saturated heterocycles. The van der Waals surface area contributed by atoms with Crippen LogP contribution in [0.1, 0.15) is 52.1 Å². The molecular weight excluding hydrogens is 388 g/mol. The molecule has 170 valence electrons. The van der Waals surface area contributed by atoms with Crippen LogP contribution in [-0.4, -0.2) is 64.9 Å². The summed E-state index contributed by atoms with van der Waals surface area (Å²) in [6.07, 6.45) is 4.40. The number of rotatable bonds is 6. The third-order valence-corrected chi connectivity index (χ3v) is 7.16. The smallest absolute Gasteiger partial charge is 0.226 e. The summed E-state index contributed by atoms with van der Waals surface area (Å²) in [6.45, 7) is 13.2. The Balaban J connectivity index is 1.36. The van der Waals surface area contributed by atoms with Crippen molar-refractivity contribution in [2.24, 2.45) is 11.8 Å². The van der Waals surface area contributed by atoms with Crippen molar-refractivity contribution in [3.8, 4) is 5.75 Å². The van der Waals surface area contributed by atoms with Crippen molar-refractivity contribution in [1.29, 1.82) is 0 Å². The Morgan fingerprint density at radius 1 is 1.06 bits per heavy atom. The van der Waals surface area contributed by atoms with Crippen LogP contribution in [0.2, 0.25) is 0 Å². The van der Waals surface area contributed by atoms with E-state index in [1.54, 1.807) is 0 Å². The first-order chi connectivity index (χ1) is 15.0. The maximum absolute atomic E-state index is 10.4. The summed E-state index contributed by atoms with van der Waals surface area (Å²) >= 11 is 0. The number of aromatic nitrogens is 2. The molecule has 6 heteroatoms. The van der Waals surface area contributed by atoms with Gasteiger partial charge >= 0.3 is 0 Å². The van der Waals surface area contributed by atoms with Crippen LogP contribution in [0.4, 0.5) is 5.95 Å². The van der Waals surface area contributed by atoms with Gasteiger partial charge in [-0.2, -0.15) is 0 Å². The molecule has 31 heavy (non-hydrogen) atoms. The highest BCUT2D eigenvalue weighted by atomic mass is 16.5. The Kier molecular flexibility index (Phi) is 6.97. The van der Waals surface area contributed by atoms with Gasteiger partial charge in [-0.3, -0.25) is 0 Å². The van der Waals surface area contributed by atoms with E-state index in [0.29, 0.717) is 24.5 Å². The molecule has 1 aromatic carbocycles. The first kappa shape index (κ1) is 22.3. The molecule has 4 rings (SSSR count). The molecule has 0 unspecified atom stereocenters. The summed E-state index contributed by atoms with van der Waals surface area (Å²) < 4.78 is 5.63. The van der Waals surface area contributed by atoms with Crippen LogP contribution in [0.3, 0.4) is 0 Å². The first-order valence-corrected chi connectivity index (χ1v) is 12.0. The Morgan fingerprint density at radius 2 is 1.77 bits per heavy atom. The summed E-state index contributed by atoms with van der Waals surface area (Å²) in [5.41, 5.74) is 1.99. The summed E-state index contributed by atoms with van der Waals surface area (Å²) in [7, 11) is 0. The number of ether oxygens (including phenoxy) is 1. The van der Waals surface area contributed by atoms with Crippen LogP contribution in [0.15, 0.2) is 18.2 Å². The number of aryl methyl sites for hydroxylation is 1. The lowest BCUT2D eigenvalue weighted by Crippen LogP contribution is -2.49. The number of piperidine rings is 2. The number of hydrogen-bond donors (Lipinski definition) is 1. The van der Waals surface area contributed by atoms with Crippen LogP contribution in [0.25, 0.3) is 10.9 Å². The van der Waals surface area contributed by atoms with Crippen LogP contribution in [-0.2, 0) is 0 Å². The maximum atomic E-state index is 10.4. The fourth-order valence-corrected chi connectivity index (χ4v) is 5.24. The van der Waals surface area contributed by atoms with E-state index in [2.05, 4.69) is 30.6 Å². The second-order valence-corrected chi connectivity index (χ2v) is 9.55. The molecule has 1 N–H and O–H groups in total. The highest BCUT2D eigenvalue weighted by molar-refractivity contribution is 5.83. The van der Waals surface area contributed by atoms with E-state index >= 15 is 0 Å².